The number of hydrogen-bond donors (Lipinski definition) is 1. The van der Waals surface area contributed by atoms with Gasteiger partial charge in [0.15, 0.2) is 0 Å². The Morgan fingerprint density at radius 1 is 0.618 bits per heavy atom. The van der Waals surface area contributed by atoms with Crippen LogP contribution >= 0.6 is 32.4 Å². The number of Topliss-reactive ketones (excluding diaryl/α,β-unsaturated/α-hetero) is 1. The maximum Gasteiger partial charge on any atom is 0.313 e. The van der Waals surface area contributed by atoms with Gasteiger partial charge >= 0.3 is 11.9 Å². The van der Waals surface area contributed by atoms with Crippen molar-refractivity contribution in [2.24, 2.45) is 92.7 Å². The Morgan fingerprint density at radius 2 is 1.03 bits per heavy atom. The molecule has 1 N–H and O–H groups in total. The second-order valence-electron chi connectivity index (χ2n) is 33.2. The van der Waals surface area contributed by atoms with E-state index in [1.807, 2.05) is 65.8 Å². The Balaban J connectivity index is 0.000000301. The number of allylic oxidation sites excluding steroid dienone is 3. The Kier molecular flexibility index (Phi) is 30.5. The smallest absolute Gasteiger partial charge is 0.313 e. The van der Waals surface area contributed by atoms with Crippen molar-refractivity contribution >= 4 is 50.2 Å². The number of ketones is 1. The molecule has 8 unspecified atom stereocenters. The van der Waals surface area contributed by atoms with Crippen LogP contribution in [-0.4, -0.2) is 77.5 Å². The van der Waals surface area contributed by atoms with Gasteiger partial charge in [-0.2, -0.15) is 0 Å². The number of aliphatic hydroxyl groups is 1. The molecule has 18 atom stereocenters. The minimum absolute atomic E-state index is 0.0258. The zero-order valence-electron chi connectivity index (χ0n) is 60.5. The highest BCUT2D eigenvalue weighted by Crippen LogP contribution is 2.69. The molecule has 0 radical (unpaired) electrons. The molecule has 0 aliphatic heterocycles. The number of esters is 2. The summed E-state index contributed by atoms with van der Waals surface area (Å²) in [6.45, 7) is 37.7. The molecular weight excluding hydrogens is 1170 g/mol. The van der Waals surface area contributed by atoms with Crippen molar-refractivity contribution < 1.29 is 39.8 Å². The van der Waals surface area contributed by atoms with Gasteiger partial charge in [-0.3, -0.25) is 14.4 Å². The molecule has 11 heteroatoms. The molecule has 0 amide bonds. The van der Waals surface area contributed by atoms with E-state index >= 15 is 0 Å². The number of aliphatic hydroxyl groups excluding tert-OH is 1. The van der Waals surface area contributed by atoms with Gasteiger partial charge in [-0.1, -0.05) is 162 Å². The Hall–Kier alpha value is -1.54. The molecule has 0 heterocycles. The number of alkyl halides is 2. The third-order valence-corrected chi connectivity index (χ3v) is 24.0. The molecule has 512 valence electrons. The molecule has 0 aromatic heterocycles. The summed E-state index contributed by atoms with van der Waals surface area (Å²) in [6, 6.07) is 0. The van der Waals surface area contributed by atoms with E-state index in [0.717, 1.165) is 96.7 Å². The predicted molar refractivity (Wildman–Crippen MR) is 377 cm³/mol. The van der Waals surface area contributed by atoms with Gasteiger partial charge in [0.05, 0.1) is 43.3 Å². The number of carbonyl (C=O) groups is 3. The van der Waals surface area contributed by atoms with E-state index in [2.05, 4.69) is 90.6 Å². The van der Waals surface area contributed by atoms with E-state index in [9.17, 15) is 19.5 Å². The molecule has 8 nitrogen and oxygen atoms in total. The number of halogens is 2. The molecule has 6 fully saturated rings. The maximum absolute atomic E-state index is 12.1. The van der Waals surface area contributed by atoms with Crippen LogP contribution in [0.5, 0.6) is 0 Å². The van der Waals surface area contributed by atoms with E-state index in [4.69, 9.17) is 43.5 Å². The first-order valence-electron chi connectivity index (χ1n) is 36.7. The summed E-state index contributed by atoms with van der Waals surface area (Å²) in [5.74, 6) is 9.54. The average Bonchev–Trinajstić information content (AvgIpc) is 1.34. The molecule has 0 aromatic rings. The van der Waals surface area contributed by atoms with E-state index in [0.29, 0.717) is 47.9 Å². The molecule has 8 aliphatic carbocycles. The highest BCUT2D eigenvalue weighted by atomic mass is 35.5. The Bertz CT molecular complexity index is 2340. The Labute approximate surface area is 559 Å². The van der Waals surface area contributed by atoms with Gasteiger partial charge < -0.3 is 24.1 Å². The normalized spacial score (nSPS) is 34.2. The van der Waals surface area contributed by atoms with Gasteiger partial charge in [0.2, 0.25) is 0 Å². The lowest BCUT2D eigenvalue weighted by Crippen LogP contribution is -2.51. The van der Waals surface area contributed by atoms with E-state index in [1.165, 1.54) is 116 Å². The van der Waals surface area contributed by atoms with Crippen LogP contribution in [0.1, 0.15) is 279 Å². The van der Waals surface area contributed by atoms with Crippen LogP contribution in [0.4, 0.5) is 0 Å². The summed E-state index contributed by atoms with van der Waals surface area (Å²) < 4.78 is 29.3. The average molecular weight is 1300 g/mol. The van der Waals surface area contributed by atoms with Crippen molar-refractivity contribution in [3.63, 3.8) is 0 Å². The van der Waals surface area contributed by atoms with Crippen LogP contribution in [0.25, 0.3) is 0 Å². The fourth-order valence-corrected chi connectivity index (χ4v) is 19.8. The second kappa shape index (κ2) is 35.5. The minimum Gasteiger partial charge on any atom is -0.460 e. The van der Waals surface area contributed by atoms with Crippen molar-refractivity contribution in [2.75, 3.05) is 25.2 Å². The Morgan fingerprint density at radius 3 is 1.45 bits per heavy atom. The summed E-state index contributed by atoms with van der Waals surface area (Å²) in [5.41, 5.74) is 4.05. The molecule has 8 rings (SSSR count). The first kappa shape index (κ1) is 76.5. The van der Waals surface area contributed by atoms with Gasteiger partial charge in [-0.05, 0) is 243 Å². The van der Waals surface area contributed by atoms with Crippen LogP contribution in [0, 0.1) is 92.7 Å². The van der Waals surface area contributed by atoms with Crippen molar-refractivity contribution in [3.8, 4) is 0 Å². The monoisotopic (exact) mass is 1300 g/mol. The highest BCUT2D eigenvalue weighted by molar-refractivity contribution is 7.15. The lowest BCUT2D eigenvalue weighted by molar-refractivity contribution is -0.158. The fourth-order valence-electron chi connectivity index (χ4n) is 19.8. The number of ether oxygens (including phenoxy) is 4. The molecule has 0 aromatic carbocycles. The van der Waals surface area contributed by atoms with Crippen LogP contribution in [0.15, 0.2) is 47.6 Å². The van der Waals surface area contributed by atoms with E-state index in [-0.39, 0.29) is 48.6 Å². The number of hydrogen-bond acceptors (Lipinski definition) is 8. The molecule has 0 spiro atoms. The first-order chi connectivity index (χ1) is 42.3. The molecule has 8 aliphatic rings. The van der Waals surface area contributed by atoms with Crippen molar-refractivity contribution in [1.82, 2.24) is 0 Å². The molecule has 0 saturated heterocycles. The van der Waals surface area contributed by atoms with Crippen LogP contribution in [0.2, 0.25) is 0 Å². The number of carbonyl (C=O) groups excluding carboxylic acids is 3. The predicted octanol–water partition coefficient (Wildman–Crippen LogP) is 21.0. The zero-order valence-corrected chi connectivity index (χ0v) is 62.1. The zero-order chi connectivity index (χ0) is 66.8. The maximum atomic E-state index is 12.1. The third-order valence-electron chi connectivity index (χ3n) is 24.0. The minimum atomic E-state index is -0.715. The summed E-state index contributed by atoms with van der Waals surface area (Å²) in [4.78, 5) is 35.9. The number of rotatable bonds is 24. The topological polar surface area (TPSA) is 108 Å². The second-order valence-corrected chi connectivity index (χ2v) is 34.0. The van der Waals surface area contributed by atoms with E-state index in [1.54, 1.807) is 11.1 Å². The van der Waals surface area contributed by atoms with Gasteiger partial charge in [-0.15, -0.1) is 32.4 Å². The molecule has 0 bridgehead atoms. The van der Waals surface area contributed by atoms with Crippen LogP contribution < -0.4 is 0 Å². The van der Waals surface area contributed by atoms with Gasteiger partial charge in [-0.25, -0.2) is 0 Å². The summed E-state index contributed by atoms with van der Waals surface area (Å²) in [5, 5.41) is 10.4. The van der Waals surface area contributed by atoms with Gasteiger partial charge in [0.25, 0.3) is 0 Å². The largest absolute Gasteiger partial charge is 0.460 e. The number of fused-ring (bicyclic) bond motifs is 10. The summed E-state index contributed by atoms with van der Waals surface area (Å²) in [6.07, 6.45) is 42.8. The summed E-state index contributed by atoms with van der Waals surface area (Å²) in [7, 11) is 2.25. The summed E-state index contributed by atoms with van der Waals surface area (Å²) >= 11 is 9.53. The van der Waals surface area contributed by atoms with Crippen molar-refractivity contribution in [2.45, 2.75) is 307 Å². The molecular formula is C78H133Cl2O8P. The lowest BCUT2D eigenvalue weighted by Gasteiger charge is -2.58. The first-order valence-corrected chi connectivity index (χ1v) is 37.8. The molecule has 89 heavy (non-hydrogen) atoms. The van der Waals surface area contributed by atoms with Crippen LogP contribution in [0.3, 0.4) is 0 Å². The van der Waals surface area contributed by atoms with Crippen LogP contribution in [-0.2, 0) is 33.3 Å². The standard InChI is InChI=1S/C38H64O4.C38H62O4.CH2Cl2.CH5P/c2*1-26(2)12-11-13-27(3)32-17-18-33-31-16-15-28-24-30(19-21-37(28,7)34(31)20-22-38(32,33)8)41-23-10-9-14-29(39)25-35(40)42-36(4,5)6;2-1-3;1-2/h9-10,15,26-27,29-34,39H,11-14,16-25H2,1-8H3;9-10,15,26-27,30-34H,11-14,16-25H2,1-8H3;1H2;2H2,1H3/b2*10-9+;;/t27-,29?,30+,31?,32-,33?,34?,37+,38-;27-,30+,31?,32-,33?,34?,37+,38-;;/m11../s1/i;;;1D. The van der Waals surface area contributed by atoms with E-state index < -0.39 is 23.3 Å². The highest BCUT2D eigenvalue weighted by Gasteiger charge is 2.61. The molecule has 6 saturated carbocycles. The van der Waals surface area contributed by atoms with Crippen molar-refractivity contribution in [3.05, 3.63) is 47.6 Å². The SMILES string of the molecule is CC(C)CCC[C@@H](C)[C@H]1CCC2C3CC=C4C[C@@H](OC/C=C/CC(=O)CC(=O)OC(C)(C)C)CC[C@]4(C)C3CC[C@@]21C.CC(C)CCC[C@@H](C)[C@H]1CCC2C3CC=C4C[C@@H](OC/C=C/CC(O)CC(=O)OC(C)(C)C)CC[C@]4(C)C3CC[C@@]21C.ClCCl.[2H]CP. The quantitative estimate of drug-likeness (QED) is 0.0335. The van der Waals surface area contributed by atoms with Gasteiger partial charge in [0, 0.05) is 7.79 Å². The third kappa shape index (κ3) is 21.7. The fraction of sp³-hybridized carbons (Fsp3) is 0.859. The van der Waals surface area contributed by atoms with Crippen molar-refractivity contribution in [1.29, 1.82) is 0 Å². The van der Waals surface area contributed by atoms with Gasteiger partial charge in [0.1, 0.15) is 23.4 Å². The lowest BCUT2D eigenvalue weighted by atomic mass is 9.47.